The second kappa shape index (κ2) is 11.1. The van der Waals surface area contributed by atoms with Crippen LogP contribution >= 0.6 is 0 Å². The number of nitrogens with zero attached hydrogens (tertiary/aromatic N) is 2. The molecule has 0 aliphatic carbocycles. The van der Waals surface area contributed by atoms with Crippen LogP contribution in [-0.4, -0.2) is 47.4 Å². The molecule has 0 fully saturated rings. The summed E-state index contributed by atoms with van der Waals surface area (Å²) >= 11 is 0. The maximum Gasteiger partial charge on any atom is 0.243 e. The number of nitrogens with one attached hydrogen (secondary N) is 1. The lowest BCUT2D eigenvalue weighted by molar-refractivity contribution is -0.130. The SMILES string of the molecule is CC(C)C[C@H](NS(=O)(=O)c1cccc2cccnc12)C(=O)CC(=O)C(N)(N)C(=O)c1cccc2cccnc12. The van der Waals surface area contributed by atoms with Gasteiger partial charge in [-0.15, -0.1) is 0 Å². The monoisotopic (exact) mass is 547 g/mol. The fourth-order valence-electron chi connectivity index (χ4n) is 4.33. The minimum atomic E-state index is -4.21. The van der Waals surface area contributed by atoms with Gasteiger partial charge in [0, 0.05) is 28.7 Å². The fourth-order valence-corrected chi connectivity index (χ4v) is 5.74. The van der Waals surface area contributed by atoms with Crippen LogP contribution in [0.25, 0.3) is 21.8 Å². The van der Waals surface area contributed by atoms with E-state index in [1.165, 1.54) is 24.5 Å². The number of fused-ring (bicyclic) bond motifs is 2. The number of carbonyl (C=O) groups is 3. The number of Topliss-reactive ketones (excluding diaryl/α,β-unsaturated/α-hetero) is 3. The highest BCUT2D eigenvalue weighted by Crippen LogP contribution is 2.23. The second-order valence-electron chi connectivity index (χ2n) is 9.78. The van der Waals surface area contributed by atoms with Gasteiger partial charge in [0.2, 0.25) is 15.8 Å². The van der Waals surface area contributed by atoms with E-state index in [1.54, 1.807) is 48.5 Å². The molecule has 39 heavy (non-hydrogen) atoms. The van der Waals surface area contributed by atoms with E-state index < -0.39 is 45.5 Å². The van der Waals surface area contributed by atoms with Crippen LogP contribution in [0, 0.1) is 5.92 Å². The molecule has 0 aliphatic rings. The van der Waals surface area contributed by atoms with Gasteiger partial charge in [0.25, 0.3) is 0 Å². The standard InChI is InChI=1S/C28H29N5O5S/c1-17(2)15-21(33-39(37,38)23-12-4-8-19-10-6-14-32-26(19)23)22(34)16-24(35)28(29,30)27(36)20-11-3-7-18-9-5-13-31-25(18)20/h3-14,17,21,33H,15-16,29-30H2,1-2H3/t21-/m0/s1. The number of benzene rings is 2. The average Bonchev–Trinajstić information content (AvgIpc) is 2.91. The van der Waals surface area contributed by atoms with Crippen molar-refractivity contribution in [2.75, 3.05) is 0 Å². The summed E-state index contributed by atoms with van der Waals surface area (Å²) in [5.74, 6) is -2.79. The first-order valence-corrected chi connectivity index (χ1v) is 13.8. The van der Waals surface area contributed by atoms with Crippen LogP contribution in [0.2, 0.25) is 0 Å². The normalized spacial score (nSPS) is 13.1. The van der Waals surface area contributed by atoms with Crippen LogP contribution in [0.3, 0.4) is 0 Å². The van der Waals surface area contributed by atoms with Crippen molar-refractivity contribution < 1.29 is 22.8 Å². The van der Waals surface area contributed by atoms with Crippen molar-refractivity contribution in [1.29, 1.82) is 0 Å². The molecule has 10 nitrogen and oxygen atoms in total. The van der Waals surface area contributed by atoms with Crippen LogP contribution in [0.1, 0.15) is 37.0 Å². The Bertz CT molecular complexity index is 1670. The molecule has 0 unspecified atom stereocenters. The summed E-state index contributed by atoms with van der Waals surface area (Å²) in [5.41, 5.74) is 10.1. The molecule has 1 atom stereocenters. The number of ketones is 3. The maximum atomic E-state index is 13.3. The van der Waals surface area contributed by atoms with Crippen LogP contribution < -0.4 is 16.2 Å². The van der Waals surface area contributed by atoms with Crippen molar-refractivity contribution in [2.45, 2.75) is 43.3 Å². The van der Waals surface area contributed by atoms with Crippen molar-refractivity contribution in [1.82, 2.24) is 14.7 Å². The minimum Gasteiger partial charge on any atom is -0.301 e. The summed E-state index contributed by atoms with van der Waals surface area (Å²) in [5, 5.41) is 1.26. The molecule has 202 valence electrons. The van der Waals surface area contributed by atoms with Crippen LogP contribution in [-0.2, 0) is 19.6 Å². The number of hydrogen-bond acceptors (Lipinski definition) is 9. The number of rotatable bonds is 11. The molecule has 0 aliphatic heterocycles. The van der Waals surface area contributed by atoms with Crippen molar-refractivity contribution >= 4 is 49.2 Å². The van der Waals surface area contributed by atoms with E-state index >= 15 is 0 Å². The van der Waals surface area contributed by atoms with E-state index in [4.69, 9.17) is 11.5 Å². The van der Waals surface area contributed by atoms with Gasteiger partial charge in [0.05, 0.1) is 23.5 Å². The third kappa shape index (κ3) is 5.91. The van der Waals surface area contributed by atoms with Crippen molar-refractivity contribution in [3.8, 4) is 0 Å². The van der Waals surface area contributed by atoms with Gasteiger partial charge in [-0.3, -0.25) is 24.4 Å². The van der Waals surface area contributed by atoms with Crippen molar-refractivity contribution in [3.05, 3.63) is 78.6 Å². The Labute approximate surface area is 225 Å². The Balaban J connectivity index is 1.58. The minimum absolute atomic E-state index is 0.0433. The molecule has 0 saturated heterocycles. The fraction of sp³-hybridized carbons (Fsp3) is 0.250. The van der Waals surface area contributed by atoms with Crippen molar-refractivity contribution in [3.63, 3.8) is 0 Å². The predicted octanol–water partition coefficient (Wildman–Crippen LogP) is 2.50. The molecular weight excluding hydrogens is 518 g/mol. The lowest BCUT2D eigenvalue weighted by atomic mass is 9.89. The molecular formula is C28H29N5O5S. The van der Waals surface area contributed by atoms with Gasteiger partial charge in [-0.2, -0.15) is 0 Å². The molecule has 0 spiro atoms. The highest BCUT2D eigenvalue weighted by atomic mass is 32.2. The van der Waals surface area contributed by atoms with Crippen molar-refractivity contribution in [2.24, 2.45) is 17.4 Å². The highest BCUT2D eigenvalue weighted by Gasteiger charge is 2.41. The number of sulfonamides is 1. The molecule has 2 aromatic heterocycles. The Morgan fingerprint density at radius 1 is 0.872 bits per heavy atom. The predicted molar refractivity (Wildman–Crippen MR) is 147 cm³/mol. The number of carbonyl (C=O) groups excluding carboxylic acids is 3. The van der Waals surface area contributed by atoms with E-state index in [-0.39, 0.29) is 28.3 Å². The molecule has 4 aromatic rings. The molecule has 2 heterocycles. The van der Waals surface area contributed by atoms with Gasteiger partial charge in [-0.25, -0.2) is 13.1 Å². The molecule has 0 saturated carbocycles. The highest BCUT2D eigenvalue weighted by molar-refractivity contribution is 7.89. The zero-order valence-electron chi connectivity index (χ0n) is 21.5. The number of para-hydroxylation sites is 2. The van der Waals surface area contributed by atoms with Gasteiger partial charge >= 0.3 is 0 Å². The summed E-state index contributed by atoms with van der Waals surface area (Å²) in [6.07, 6.45) is 2.23. The van der Waals surface area contributed by atoms with Crippen LogP contribution in [0.5, 0.6) is 0 Å². The average molecular weight is 548 g/mol. The van der Waals surface area contributed by atoms with Gasteiger partial charge in [-0.05, 0) is 36.6 Å². The smallest absolute Gasteiger partial charge is 0.243 e. The summed E-state index contributed by atoms with van der Waals surface area (Å²) in [7, 11) is -4.21. The first-order valence-electron chi connectivity index (χ1n) is 12.3. The first kappa shape index (κ1) is 28.1. The largest absolute Gasteiger partial charge is 0.301 e. The molecule has 11 heteroatoms. The zero-order valence-corrected chi connectivity index (χ0v) is 22.3. The molecule has 0 amide bonds. The van der Waals surface area contributed by atoms with E-state index in [9.17, 15) is 22.8 Å². The second-order valence-corrected chi connectivity index (χ2v) is 11.5. The maximum absolute atomic E-state index is 13.3. The molecule has 0 radical (unpaired) electrons. The van der Waals surface area contributed by atoms with E-state index in [0.717, 1.165) is 0 Å². The van der Waals surface area contributed by atoms with Gasteiger partial charge < -0.3 is 11.5 Å². The Hall–Kier alpha value is -3.90. The molecule has 0 bridgehead atoms. The summed E-state index contributed by atoms with van der Waals surface area (Å²) in [6.45, 7) is 3.62. The third-order valence-electron chi connectivity index (χ3n) is 6.33. The third-order valence-corrected chi connectivity index (χ3v) is 7.83. The topological polar surface area (TPSA) is 175 Å². The van der Waals surface area contributed by atoms with Gasteiger partial charge in [-0.1, -0.05) is 50.2 Å². The number of pyridine rings is 2. The van der Waals surface area contributed by atoms with E-state index in [2.05, 4.69) is 14.7 Å². The summed E-state index contributed by atoms with van der Waals surface area (Å²) in [6, 6.07) is 15.1. The molecule has 2 aromatic carbocycles. The number of aromatic nitrogens is 2. The number of hydrogen-bond donors (Lipinski definition) is 3. The lowest BCUT2D eigenvalue weighted by Gasteiger charge is -2.24. The summed E-state index contributed by atoms with van der Waals surface area (Å²) in [4.78, 5) is 47.9. The molecule has 4 rings (SSSR count). The van der Waals surface area contributed by atoms with Gasteiger partial charge in [0.15, 0.2) is 17.2 Å². The Morgan fingerprint density at radius 2 is 1.44 bits per heavy atom. The Kier molecular flexibility index (Phi) is 7.98. The van der Waals surface area contributed by atoms with Crippen LogP contribution in [0.15, 0.2) is 78.0 Å². The summed E-state index contributed by atoms with van der Waals surface area (Å²) < 4.78 is 29.1. The van der Waals surface area contributed by atoms with E-state index in [0.29, 0.717) is 16.3 Å². The first-order chi connectivity index (χ1) is 18.4. The van der Waals surface area contributed by atoms with Gasteiger partial charge in [0.1, 0.15) is 4.90 Å². The number of nitrogens with two attached hydrogens (primary N) is 2. The zero-order chi connectivity index (χ0) is 28.4. The van der Waals surface area contributed by atoms with Crippen LogP contribution in [0.4, 0.5) is 0 Å². The van der Waals surface area contributed by atoms with E-state index in [1.807, 2.05) is 13.8 Å². The Morgan fingerprint density at radius 3 is 2.08 bits per heavy atom. The molecule has 5 N–H and O–H groups in total. The lowest BCUT2D eigenvalue weighted by Crippen LogP contribution is -2.63. The quantitative estimate of drug-likeness (QED) is 0.145.